The predicted octanol–water partition coefficient (Wildman–Crippen LogP) is 3.58. The summed E-state index contributed by atoms with van der Waals surface area (Å²) in [5.41, 5.74) is -2.61. The van der Waals surface area contributed by atoms with E-state index in [4.69, 9.17) is 11.6 Å². The third-order valence-corrected chi connectivity index (χ3v) is 2.11. The molecule has 0 heterocycles. The fraction of sp³-hybridized carbons (Fsp3) is 0.250. The van der Waals surface area contributed by atoms with Crippen LogP contribution in [0.2, 0.25) is 5.02 Å². The number of nitro groups is 1. The molecule has 1 aromatic rings. The molecular weight excluding hydrogens is 235 g/mol. The van der Waals surface area contributed by atoms with E-state index >= 15 is 0 Å². The number of rotatable bonds is 1. The van der Waals surface area contributed by atoms with Crippen molar-refractivity contribution in [1.82, 2.24) is 0 Å². The molecule has 82 valence electrons. The third kappa shape index (κ3) is 2.20. The van der Waals surface area contributed by atoms with Gasteiger partial charge in [-0.15, -0.1) is 0 Å². The first-order chi connectivity index (χ1) is 6.75. The molecule has 3 nitrogen and oxygen atoms in total. The fourth-order valence-corrected chi connectivity index (χ4v) is 1.43. The SMILES string of the molecule is Cc1ccc(Cl)c([N+](=O)[O-])c1C(F)(F)F. The molecule has 0 fully saturated rings. The summed E-state index contributed by atoms with van der Waals surface area (Å²) in [6.07, 6.45) is -4.78. The van der Waals surface area contributed by atoms with Crippen LogP contribution in [-0.2, 0) is 6.18 Å². The molecule has 0 aliphatic rings. The first kappa shape index (κ1) is 11.8. The Morgan fingerprint density at radius 3 is 2.27 bits per heavy atom. The molecule has 0 aliphatic heterocycles. The second kappa shape index (κ2) is 3.69. The number of aryl methyl sites for hydroxylation is 1. The maximum Gasteiger partial charge on any atom is 0.423 e. The number of hydrogen-bond acceptors (Lipinski definition) is 2. The summed E-state index contributed by atoms with van der Waals surface area (Å²) in [4.78, 5) is 9.34. The average molecular weight is 240 g/mol. The van der Waals surface area contributed by atoms with Crippen molar-refractivity contribution in [3.8, 4) is 0 Å². The van der Waals surface area contributed by atoms with E-state index in [1.165, 1.54) is 0 Å². The normalized spacial score (nSPS) is 11.5. The van der Waals surface area contributed by atoms with Crippen molar-refractivity contribution in [2.75, 3.05) is 0 Å². The van der Waals surface area contributed by atoms with Crippen LogP contribution in [0.25, 0.3) is 0 Å². The zero-order chi connectivity index (χ0) is 11.8. The van der Waals surface area contributed by atoms with Crippen LogP contribution in [0.15, 0.2) is 12.1 Å². The maximum absolute atomic E-state index is 12.5. The quantitative estimate of drug-likeness (QED) is 0.555. The molecule has 0 aliphatic carbocycles. The Bertz CT molecular complexity index is 417. The van der Waals surface area contributed by atoms with Gasteiger partial charge in [-0.1, -0.05) is 17.7 Å². The summed E-state index contributed by atoms with van der Waals surface area (Å²) < 4.78 is 37.5. The number of alkyl halides is 3. The molecule has 0 radical (unpaired) electrons. The molecule has 0 unspecified atom stereocenters. The van der Waals surface area contributed by atoms with Crippen LogP contribution in [0.3, 0.4) is 0 Å². The van der Waals surface area contributed by atoms with Gasteiger partial charge in [0.25, 0.3) is 5.69 Å². The molecule has 0 N–H and O–H groups in total. The van der Waals surface area contributed by atoms with E-state index < -0.39 is 27.4 Å². The van der Waals surface area contributed by atoms with Crippen LogP contribution in [0, 0.1) is 17.0 Å². The molecule has 0 spiro atoms. The van der Waals surface area contributed by atoms with Crippen molar-refractivity contribution < 1.29 is 18.1 Å². The van der Waals surface area contributed by atoms with E-state index in [1.54, 1.807) is 0 Å². The van der Waals surface area contributed by atoms with Crippen molar-refractivity contribution in [3.63, 3.8) is 0 Å². The second-order valence-corrected chi connectivity index (χ2v) is 3.25. The summed E-state index contributed by atoms with van der Waals surface area (Å²) in [6, 6.07) is 2.17. The number of nitrogens with zero attached hydrogens (tertiary/aromatic N) is 1. The van der Waals surface area contributed by atoms with Crippen LogP contribution >= 0.6 is 11.6 Å². The minimum absolute atomic E-state index is 0.224. The number of halogens is 4. The van der Waals surface area contributed by atoms with Gasteiger partial charge in [0.15, 0.2) is 0 Å². The van der Waals surface area contributed by atoms with Gasteiger partial charge in [-0.25, -0.2) is 0 Å². The van der Waals surface area contributed by atoms with Gasteiger partial charge in [-0.05, 0) is 18.6 Å². The van der Waals surface area contributed by atoms with Gasteiger partial charge in [0.1, 0.15) is 10.6 Å². The molecule has 0 atom stereocenters. The molecule has 0 aromatic heterocycles. The van der Waals surface area contributed by atoms with Gasteiger partial charge in [-0.3, -0.25) is 10.1 Å². The lowest BCUT2D eigenvalue weighted by Crippen LogP contribution is -2.11. The molecule has 1 rings (SSSR count). The number of nitro benzene ring substituents is 1. The minimum Gasteiger partial charge on any atom is -0.258 e. The molecule has 15 heavy (non-hydrogen) atoms. The van der Waals surface area contributed by atoms with E-state index in [0.717, 1.165) is 19.1 Å². The summed E-state index contributed by atoms with van der Waals surface area (Å²) in [7, 11) is 0. The highest BCUT2D eigenvalue weighted by molar-refractivity contribution is 6.32. The van der Waals surface area contributed by atoms with E-state index in [0.29, 0.717) is 0 Å². The third-order valence-electron chi connectivity index (χ3n) is 1.80. The Morgan fingerprint density at radius 2 is 1.93 bits per heavy atom. The van der Waals surface area contributed by atoms with Gasteiger partial charge in [0.05, 0.1) is 4.92 Å². The topological polar surface area (TPSA) is 43.1 Å². The van der Waals surface area contributed by atoms with Crippen molar-refractivity contribution in [2.24, 2.45) is 0 Å². The largest absolute Gasteiger partial charge is 0.423 e. The lowest BCUT2D eigenvalue weighted by Gasteiger charge is -2.10. The molecule has 0 saturated heterocycles. The first-order valence-electron chi connectivity index (χ1n) is 3.76. The highest BCUT2D eigenvalue weighted by atomic mass is 35.5. The van der Waals surface area contributed by atoms with Crippen LogP contribution in [0.4, 0.5) is 18.9 Å². The second-order valence-electron chi connectivity index (χ2n) is 2.84. The average Bonchev–Trinajstić information content (AvgIpc) is 2.05. The Morgan fingerprint density at radius 1 is 1.40 bits per heavy atom. The van der Waals surface area contributed by atoms with E-state index in [1.807, 2.05) is 0 Å². The molecule has 1 aromatic carbocycles. The Hall–Kier alpha value is -1.30. The summed E-state index contributed by atoms with van der Waals surface area (Å²) in [5.74, 6) is 0. The van der Waals surface area contributed by atoms with Crippen molar-refractivity contribution in [3.05, 3.63) is 38.4 Å². The first-order valence-corrected chi connectivity index (χ1v) is 4.13. The van der Waals surface area contributed by atoms with Crippen molar-refractivity contribution in [2.45, 2.75) is 13.1 Å². The van der Waals surface area contributed by atoms with Crippen LogP contribution in [-0.4, -0.2) is 4.92 Å². The fourth-order valence-electron chi connectivity index (χ4n) is 1.20. The minimum atomic E-state index is -4.78. The van der Waals surface area contributed by atoms with E-state index in [2.05, 4.69) is 0 Å². The van der Waals surface area contributed by atoms with E-state index in [9.17, 15) is 23.3 Å². The summed E-state index contributed by atoms with van der Waals surface area (Å²) >= 11 is 5.36. The van der Waals surface area contributed by atoms with Crippen molar-refractivity contribution >= 4 is 17.3 Å². The van der Waals surface area contributed by atoms with Gasteiger partial charge < -0.3 is 0 Å². The smallest absolute Gasteiger partial charge is 0.258 e. The van der Waals surface area contributed by atoms with Crippen LogP contribution in [0.5, 0.6) is 0 Å². The van der Waals surface area contributed by atoms with Gasteiger partial charge in [0, 0.05) is 0 Å². The maximum atomic E-state index is 12.5. The van der Waals surface area contributed by atoms with Gasteiger partial charge >= 0.3 is 6.18 Å². The van der Waals surface area contributed by atoms with E-state index in [-0.39, 0.29) is 5.56 Å². The molecule has 0 saturated carbocycles. The Kier molecular flexibility index (Phi) is 2.90. The van der Waals surface area contributed by atoms with Crippen molar-refractivity contribution in [1.29, 1.82) is 0 Å². The monoisotopic (exact) mass is 239 g/mol. The zero-order valence-electron chi connectivity index (χ0n) is 7.43. The standard InChI is InChI=1S/C8H5ClF3NO2/c1-4-2-3-5(9)7(13(14)15)6(4)8(10,11)12/h2-3H,1H3. The molecule has 7 heteroatoms. The van der Waals surface area contributed by atoms with Gasteiger partial charge in [0.2, 0.25) is 0 Å². The van der Waals surface area contributed by atoms with Crippen LogP contribution in [0.1, 0.15) is 11.1 Å². The summed E-state index contributed by atoms with van der Waals surface area (Å²) in [5, 5.41) is 9.95. The molecule has 0 amide bonds. The van der Waals surface area contributed by atoms with Gasteiger partial charge in [-0.2, -0.15) is 13.2 Å². The lowest BCUT2D eigenvalue weighted by molar-refractivity contribution is -0.388. The van der Waals surface area contributed by atoms with Crippen LogP contribution < -0.4 is 0 Å². The zero-order valence-corrected chi connectivity index (χ0v) is 8.19. The molecule has 0 bridgehead atoms. The highest BCUT2D eigenvalue weighted by Crippen LogP contribution is 2.41. The Balaban J connectivity index is 3.60. The predicted molar refractivity (Wildman–Crippen MR) is 47.8 cm³/mol. The highest BCUT2D eigenvalue weighted by Gasteiger charge is 2.41. The number of benzene rings is 1. The molecular formula is C8H5ClF3NO2. The Labute approximate surface area is 87.6 Å². The number of hydrogen-bond donors (Lipinski definition) is 0. The lowest BCUT2D eigenvalue weighted by atomic mass is 10.1. The summed E-state index contributed by atoms with van der Waals surface area (Å²) in [6.45, 7) is 1.14.